The van der Waals surface area contributed by atoms with Crippen LogP contribution in [0.5, 0.6) is 0 Å². The van der Waals surface area contributed by atoms with Gasteiger partial charge in [-0.3, -0.25) is 4.57 Å². The zero-order valence-corrected chi connectivity index (χ0v) is 14.3. The molecule has 0 aliphatic heterocycles. The molecule has 21 heavy (non-hydrogen) atoms. The average Bonchev–Trinajstić information content (AvgIpc) is 2.46. The number of rotatable bonds is 8. The van der Waals surface area contributed by atoms with Gasteiger partial charge in [0.05, 0.1) is 12.7 Å². The Morgan fingerprint density at radius 2 is 1.90 bits per heavy atom. The van der Waals surface area contributed by atoms with Crippen molar-refractivity contribution in [3.05, 3.63) is 30.3 Å². The van der Waals surface area contributed by atoms with E-state index in [1.54, 1.807) is 44.2 Å². The Bertz CT molecular complexity index is 490. The van der Waals surface area contributed by atoms with E-state index in [4.69, 9.17) is 20.9 Å². The molecule has 0 bridgehead atoms. The highest BCUT2D eigenvalue weighted by molar-refractivity contribution is 7.70. The van der Waals surface area contributed by atoms with E-state index in [0.717, 1.165) is 12.8 Å². The number of hydrogen-bond donors (Lipinski definition) is 0. The molecule has 0 heterocycles. The number of ether oxygens (including phenoxy) is 1. The molecule has 1 aromatic carbocycles. The number of benzene rings is 1. The molecule has 0 N–H and O–H groups in total. The molecule has 0 aromatic heterocycles. The zero-order valence-electron chi connectivity index (χ0n) is 12.6. The Kier molecular flexibility index (Phi) is 7.44. The van der Waals surface area contributed by atoms with Crippen molar-refractivity contribution in [1.29, 1.82) is 0 Å². The van der Waals surface area contributed by atoms with Crippen LogP contribution in [-0.4, -0.2) is 23.8 Å². The number of unbranched alkanes of at least 4 members (excludes halogenated alkanes) is 1. The van der Waals surface area contributed by atoms with Gasteiger partial charge in [0.25, 0.3) is 7.37 Å². The molecule has 0 fully saturated rings. The van der Waals surface area contributed by atoms with Crippen molar-refractivity contribution in [2.75, 3.05) is 6.61 Å². The van der Waals surface area contributed by atoms with Gasteiger partial charge in [0, 0.05) is 5.30 Å². The van der Waals surface area contributed by atoms with Crippen LogP contribution in [0.15, 0.2) is 30.3 Å². The third kappa shape index (κ3) is 5.14. The van der Waals surface area contributed by atoms with Crippen LogP contribution < -0.4 is 5.30 Å². The second kappa shape index (κ2) is 8.57. The summed E-state index contributed by atoms with van der Waals surface area (Å²) in [7, 11) is -3.51. The first-order valence-electron chi connectivity index (χ1n) is 7.06. The highest BCUT2D eigenvalue weighted by atomic mass is 35.5. The summed E-state index contributed by atoms with van der Waals surface area (Å²) >= 11 is 6.13. The van der Waals surface area contributed by atoms with Crippen LogP contribution in [0.2, 0.25) is 0 Å². The smallest absolute Gasteiger partial charge is 0.334 e. The average molecular weight is 333 g/mol. The summed E-state index contributed by atoms with van der Waals surface area (Å²) in [5, 5.41) is -0.902. The molecule has 1 aromatic rings. The summed E-state index contributed by atoms with van der Waals surface area (Å²) in [6, 6.07) is 8.59. The molecule has 0 radical (unpaired) electrons. The fraction of sp³-hybridized carbons (Fsp3) is 0.533. The van der Waals surface area contributed by atoms with Crippen LogP contribution in [0, 0.1) is 0 Å². The molecule has 0 saturated heterocycles. The van der Waals surface area contributed by atoms with E-state index in [1.807, 2.05) is 6.92 Å². The molecule has 0 aliphatic carbocycles. The maximum atomic E-state index is 13.2. The summed E-state index contributed by atoms with van der Waals surface area (Å²) in [5.74, 6) is -0.713. The van der Waals surface area contributed by atoms with Crippen molar-refractivity contribution in [3.63, 3.8) is 0 Å². The Balaban J connectivity index is 3.01. The molecule has 1 rings (SSSR count). The van der Waals surface area contributed by atoms with E-state index in [0.29, 0.717) is 11.9 Å². The first kappa shape index (κ1) is 18.2. The minimum absolute atomic E-state index is 0.293. The normalized spacial score (nSPS) is 15.5. The van der Waals surface area contributed by atoms with Crippen LogP contribution in [-0.2, 0) is 18.6 Å². The highest BCUT2D eigenvalue weighted by Crippen LogP contribution is 2.53. The van der Waals surface area contributed by atoms with Crippen LogP contribution in [0.4, 0.5) is 0 Å². The Morgan fingerprint density at radius 1 is 1.29 bits per heavy atom. The minimum Gasteiger partial charge on any atom is -0.461 e. The Hall–Kier alpha value is -0.830. The standard InChI is InChI=1S/C15H22ClO4P/c1-4-5-11-19-21(18,13-9-7-6-8-10-13)14(16)15(17)20-12(2)3/h6-10,12,14H,4-5,11H2,1-3H3. The van der Waals surface area contributed by atoms with Gasteiger partial charge < -0.3 is 9.26 Å². The SMILES string of the molecule is CCCCOP(=O)(c1ccccc1)C(Cl)C(=O)OC(C)C. The fourth-order valence-electron chi connectivity index (χ4n) is 1.68. The predicted octanol–water partition coefficient (Wildman–Crippen LogP) is 3.92. The van der Waals surface area contributed by atoms with Crippen LogP contribution >= 0.6 is 19.0 Å². The molecular formula is C15H22ClO4P. The van der Waals surface area contributed by atoms with E-state index < -0.39 is 18.5 Å². The second-order valence-corrected chi connectivity index (χ2v) is 8.17. The lowest BCUT2D eigenvalue weighted by Crippen LogP contribution is -2.27. The van der Waals surface area contributed by atoms with E-state index in [1.165, 1.54) is 0 Å². The van der Waals surface area contributed by atoms with Crippen LogP contribution in [0.1, 0.15) is 33.6 Å². The van der Waals surface area contributed by atoms with Crippen molar-refractivity contribution < 1.29 is 18.6 Å². The van der Waals surface area contributed by atoms with Crippen molar-refractivity contribution >= 4 is 30.2 Å². The Morgan fingerprint density at radius 3 is 2.43 bits per heavy atom. The van der Waals surface area contributed by atoms with Crippen molar-refractivity contribution in [3.8, 4) is 0 Å². The topological polar surface area (TPSA) is 52.6 Å². The molecule has 0 saturated carbocycles. The molecule has 2 atom stereocenters. The van der Waals surface area contributed by atoms with E-state index in [2.05, 4.69) is 0 Å². The first-order valence-corrected chi connectivity index (χ1v) is 9.19. The summed E-state index contributed by atoms with van der Waals surface area (Å²) < 4.78 is 23.8. The van der Waals surface area contributed by atoms with Gasteiger partial charge in [0.15, 0.2) is 0 Å². The largest absolute Gasteiger partial charge is 0.461 e. The van der Waals surface area contributed by atoms with Crippen molar-refractivity contribution in [2.24, 2.45) is 0 Å². The van der Waals surface area contributed by atoms with Crippen LogP contribution in [0.3, 0.4) is 0 Å². The van der Waals surface area contributed by atoms with Gasteiger partial charge >= 0.3 is 5.97 Å². The lowest BCUT2D eigenvalue weighted by atomic mass is 10.4. The fourth-order valence-corrected chi connectivity index (χ4v) is 4.11. The zero-order chi connectivity index (χ0) is 15.9. The maximum absolute atomic E-state index is 13.2. The summed E-state index contributed by atoms with van der Waals surface area (Å²) in [4.78, 5) is 12.0. The van der Waals surface area contributed by atoms with Gasteiger partial charge in [-0.15, -0.1) is 0 Å². The molecule has 0 amide bonds. The van der Waals surface area contributed by atoms with Gasteiger partial charge in [-0.2, -0.15) is 0 Å². The third-order valence-corrected chi connectivity index (χ3v) is 6.08. The molecule has 6 heteroatoms. The molecule has 118 valence electrons. The van der Waals surface area contributed by atoms with E-state index >= 15 is 0 Å². The van der Waals surface area contributed by atoms with Gasteiger partial charge in [0.2, 0.25) is 5.12 Å². The third-order valence-electron chi connectivity index (χ3n) is 2.74. The maximum Gasteiger partial charge on any atom is 0.334 e. The number of hydrogen-bond acceptors (Lipinski definition) is 4. The van der Waals surface area contributed by atoms with Gasteiger partial charge in [-0.1, -0.05) is 43.1 Å². The number of carbonyl (C=O) groups excluding carboxylic acids is 1. The highest BCUT2D eigenvalue weighted by Gasteiger charge is 2.41. The monoisotopic (exact) mass is 332 g/mol. The van der Waals surface area contributed by atoms with E-state index in [-0.39, 0.29) is 6.10 Å². The van der Waals surface area contributed by atoms with Gasteiger partial charge in [0.1, 0.15) is 0 Å². The molecule has 0 aliphatic rings. The number of carbonyl (C=O) groups is 1. The summed E-state index contributed by atoms with van der Waals surface area (Å²) in [6.45, 7) is 5.72. The van der Waals surface area contributed by atoms with E-state index in [9.17, 15) is 9.36 Å². The molecular weight excluding hydrogens is 311 g/mol. The number of halogens is 1. The minimum atomic E-state index is -3.51. The predicted molar refractivity (Wildman–Crippen MR) is 85.4 cm³/mol. The number of esters is 1. The Labute approximate surface area is 131 Å². The van der Waals surface area contributed by atoms with Crippen molar-refractivity contribution in [1.82, 2.24) is 0 Å². The summed E-state index contributed by atoms with van der Waals surface area (Å²) in [6.07, 6.45) is 1.33. The molecule has 2 unspecified atom stereocenters. The van der Waals surface area contributed by atoms with Crippen molar-refractivity contribution in [2.45, 2.75) is 44.8 Å². The quantitative estimate of drug-likeness (QED) is 0.313. The molecule has 4 nitrogen and oxygen atoms in total. The second-order valence-electron chi connectivity index (χ2n) is 4.94. The molecule has 0 spiro atoms. The lowest BCUT2D eigenvalue weighted by Gasteiger charge is -2.23. The summed E-state index contributed by atoms with van der Waals surface area (Å²) in [5.41, 5.74) is 0. The van der Waals surface area contributed by atoms with Gasteiger partial charge in [-0.05, 0) is 32.4 Å². The number of alkyl halides is 1. The van der Waals surface area contributed by atoms with Crippen LogP contribution in [0.25, 0.3) is 0 Å². The van der Waals surface area contributed by atoms with Gasteiger partial charge in [-0.25, -0.2) is 4.79 Å². The first-order chi connectivity index (χ1) is 9.91. The lowest BCUT2D eigenvalue weighted by molar-refractivity contribution is -0.145.